The Bertz CT molecular complexity index is 396. The van der Waals surface area contributed by atoms with E-state index >= 15 is 0 Å². The monoisotopic (exact) mass is 237 g/mol. The highest BCUT2D eigenvalue weighted by molar-refractivity contribution is 9.10. The van der Waals surface area contributed by atoms with Gasteiger partial charge < -0.3 is 4.84 Å². The largest absolute Gasteiger partial charge is 0.399 e. The Morgan fingerprint density at radius 2 is 2.15 bits per heavy atom. The van der Waals surface area contributed by atoms with Gasteiger partial charge in [0.15, 0.2) is 0 Å². The van der Waals surface area contributed by atoms with E-state index in [1.165, 1.54) is 5.56 Å². The quantitative estimate of drug-likeness (QED) is 0.689. The van der Waals surface area contributed by atoms with E-state index in [1.807, 2.05) is 24.3 Å². The summed E-state index contributed by atoms with van der Waals surface area (Å²) in [7, 11) is 1.55. The van der Waals surface area contributed by atoms with Gasteiger partial charge in [-0.25, -0.2) is 0 Å². The van der Waals surface area contributed by atoms with Gasteiger partial charge in [-0.15, -0.1) is 0 Å². The lowest BCUT2D eigenvalue weighted by Crippen LogP contribution is -1.94. The van der Waals surface area contributed by atoms with Crippen LogP contribution in [0.15, 0.2) is 33.9 Å². The summed E-state index contributed by atoms with van der Waals surface area (Å²) in [6.45, 7) is 0. The van der Waals surface area contributed by atoms with Crippen LogP contribution in [0.3, 0.4) is 0 Å². The molecule has 0 radical (unpaired) electrons. The molecule has 0 aliphatic heterocycles. The number of benzene rings is 1. The van der Waals surface area contributed by atoms with Gasteiger partial charge >= 0.3 is 0 Å². The van der Waals surface area contributed by atoms with Crippen molar-refractivity contribution in [1.29, 1.82) is 0 Å². The standard InChI is InChI=1S/C10H8BrNO/c1-13-12-10-5-2-7-6-8(11)3-4-9(7)10/h2-6H,1H3. The molecule has 3 heteroatoms. The summed E-state index contributed by atoms with van der Waals surface area (Å²) in [6.07, 6.45) is 3.97. The average Bonchev–Trinajstić information content (AvgIpc) is 2.49. The van der Waals surface area contributed by atoms with E-state index in [1.54, 1.807) is 7.11 Å². The van der Waals surface area contributed by atoms with Gasteiger partial charge in [0.2, 0.25) is 0 Å². The van der Waals surface area contributed by atoms with Crippen LogP contribution in [0.1, 0.15) is 11.1 Å². The van der Waals surface area contributed by atoms with Gasteiger partial charge in [0.25, 0.3) is 0 Å². The molecule has 13 heavy (non-hydrogen) atoms. The summed E-state index contributed by atoms with van der Waals surface area (Å²) < 4.78 is 1.08. The number of allylic oxidation sites excluding steroid dienone is 1. The predicted octanol–water partition coefficient (Wildman–Crippen LogP) is 2.83. The van der Waals surface area contributed by atoms with E-state index in [4.69, 9.17) is 4.84 Å². The summed E-state index contributed by atoms with van der Waals surface area (Å²) in [4.78, 5) is 4.74. The van der Waals surface area contributed by atoms with Crippen molar-refractivity contribution in [2.24, 2.45) is 5.16 Å². The minimum atomic E-state index is 0.880. The first kappa shape index (κ1) is 8.51. The van der Waals surface area contributed by atoms with Crippen molar-refractivity contribution < 1.29 is 4.84 Å². The third-order valence-corrected chi connectivity index (χ3v) is 2.39. The molecule has 1 aromatic carbocycles. The van der Waals surface area contributed by atoms with Crippen LogP contribution in [0.5, 0.6) is 0 Å². The van der Waals surface area contributed by atoms with Gasteiger partial charge in [0.1, 0.15) is 12.8 Å². The number of fused-ring (bicyclic) bond motifs is 1. The van der Waals surface area contributed by atoms with Crippen molar-refractivity contribution in [1.82, 2.24) is 0 Å². The zero-order valence-electron chi connectivity index (χ0n) is 7.12. The van der Waals surface area contributed by atoms with Crippen LogP contribution in [0.2, 0.25) is 0 Å². The van der Waals surface area contributed by atoms with Crippen LogP contribution in [-0.4, -0.2) is 12.8 Å². The third kappa shape index (κ3) is 1.52. The lowest BCUT2D eigenvalue weighted by molar-refractivity contribution is 0.214. The van der Waals surface area contributed by atoms with E-state index in [0.717, 1.165) is 15.7 Å². The van der Waals surface area contributed by atoms with Gasteiger partial charge in [0, 0.05) is 10.0 Å². The first-order valence-corrected chi connectivity index (χ1v) is 4.70. The molecule has 0 heterocycles. The highest BCUT2D eigenvalue weighted by Crippen LogP contribution is 2.23. The lowest BCUT2D eigenvalue weighted by atomic mass is 10.1. The Morgan fingerprint density at radius 3 is 2.92 bits per heavy atom. The van der Waals surface area contributed by atoms with Crippen molar-refractivity contribution in [3.63, 3.8) is 0 Å². The van der Waals surface area contributed by atoms with Crippen LogP contribution in [-0.2, 0) is 4.84 Å². The maximum Gasteiger partial charge on any atom is 0.110 e. The van der Waals surface area contributed by atoms with E-state index in [9.17, 15) is 0 Å². The second-order valence-corrected chi connectivity index (χ2v) is 3.64. The summed E-state index contributed by atoms with van der Waals surface area (Å²) in [5, 5.41) is 3.91. The van der Waals surface area contributed by atoms with E-state index in [-0.39, 0.29) is 0 Å². The highest BCUT2D eigenvalue weighted by Gasteiger charge is 2.11. The summed E-state index contributed by atoms with van der Waals surface area (Å²) >= 11 is 3.42. The minimum Gasteiger partial charge on any atom is -0.399 e. The molecule has 0 amide bonds. The molecule has 66 valence electrons. The molecule has 2 rings (SSSR count). The molecule has 2 nitrogen and oxygen atoms in total. The van der Waals surface area contributed by atoms with E-state index < -0.39 is 0 Å². The van der Waals surface area contributed by atoms with Gasteiger partial charge in [-0.1, -0.05) is 33.2 Å². The van der Waals surface area contributed by atoms with Crippen molar-refractivity contribution in [3.8, 4) is 0 Å². The zero-order valence-corrected chi connectivity index (χ0v) is 8.71. The first-order chi connectivity index (χ1) is 6.31. The van der Waals surface area contributed by atoms with Crippen LogP contribution in [0, 0.1) is 0 Å². The predicted molar refractivity (Wildman–Crippen MR) is 56.7 cm³/mol. The Labute approximate surface area is 85.0 Å². The minimum absolute atomic E-state index is 0.880. The van der Waals surface area contributed by atoms with Crippen LogP contribution in [0.25, 0.3) is 6.08 Å². The molecule has 0 atom stereocenters. The molecule has 0 spiro atoms. The highest BCUT2D eigenvalue weighted by atomic mass is 79.9. The number of oxime groups is 1. The Kier molecular flexibility index (Phi) is 2.19. The fraction of sp³-hybridized carbons (Fsp3) is 0.100. The molecule has 1 aromatic rings. The van der Waals surface area contributed by atoms with Gasteiger partial charge in [-0.2, -0.15) is 0 Å². The third-order valence-electron chi connectivity index (χ3n) is 1.90. The SMILES string of the molecule is CON=C1C=Cc2cc(Br)ccc21. The number of rotatable bonds is 1. The van der Waals surface area contributed by atoms with Crippen molar-refractivity contribution in [3.05, 3.63) is 39.9 Å². The lowest BCUT2D eigenvalue weighted by Gasteiger charge is -1.99. The zero-order chi connectivity index (χ0) is 9.26. The van der Waals surface area contributed by atoms with E-state index in [2.05, 4.69) is 27.2 Å². The maximum atomic E-state index is 4.74. The van der Waals surface area contributed by atoms with Crippen LogP contribution < -0.4 is 0 Å². The van der Waals surface area contributed by atoms with Crippen LogP contribution in [0.4, 0.5) is 0 Å². The molecule has 0 fully saturated rings. The number of hydrogen-bond acceptors (Lipinski definition) is 2. The van der Waals surface area contributed by atoms with Crippen molar-refractivity contribution in [2.45, 2.75) is 0 Å². The van der Waals surface area contributed by atoms with Crippen LogP contribution >= 0.6 is 15.9 Å². The summed E-state index contributed by atoms with van der Waals surface area (Å²) in [5.41, 5.74) is 3.17. The Balaban J connectivity index is 2.50. The molecular formula is C10H8BrNO. The Morgan fingerprint density at radius 1 is 1.31 bits per heavy atom. The van der Waals surface area contributed by atoms with E-state index in [0.29, 0.717) is 0 Å². The topological polar surface area (TPSA) is 21.6 Å². The first-order valence-electron chi connectivity index (χ1n) is 3.90. The number of hydrogen-bond donors (Lipinski definition) is 0. The van der Waals surface area contributed by atoms with Crippen molar-refractivity contribution >= 4 is 27.7 Å². The molecule has 0 aromatic heterocycles. The maximum absolute atomic E-state index is 4.74. The van der Waals surface area contributed by atoms with Gasteiger partial charge in [-0.3, -0.25) is 0 Å². The molecule has 0 unspecified atom stereocenters. The second kappa shape index (κ2) is 3.34. The smallest absolute Gasteiger partial charge is 0.110 e. The second-order valence-electron chi connectivity index (χ2n) is 2.72. The van der Waals surface area contributed by atoms with Gasteiger partial charge in [-0.05, 0) is 23.8 Å². The summed E-state index contributed by atoms with van der Waals surface area (Å²) in [6, 6.07) is 6.08. The molecule has 0 bridgehead atoms. The molecule has 0 saturated heterocycles. The van der Waals surface area contributed by atoms with Gasteiger partial charge in [0.05, 0.1) is 0 Å². The number of nitrogens with zero attached hydrogens (tertiary/aromatic N) is 1. The molecule has 1 aliphatic rings. The Hall–Kier alpha value is -1.09. The normalized spacial score (nSPS) is 16.3. The summed E-state index contributed by atoms with van der Waals surface area (Å²) in [5.74, 6) is 0. The molecule has 1 aliphatic carbocycles. The fourth-order valence-corrected chi connectivity index (χ4v) is 1.72. The number of halogens is 1. The molecule has 0 N–H and O–H groups in total. The average molecular weight is 238 g/mol. The molecule has 0 saturated carbocycles. The fourth-order valence-electron chi connectivity index (χ4n) is 1.34. The van der Waals surface area contributed by atoms with Crippen molar-refractivity contribution in [2.75, 3.05) is 7.11 Å². The molecular weight excluding hydrogens is 230 g/mol.